The fourth-order valence-electron chi connectivity index (χ4n) is 2.07. The molecule has 16 heavy (non-hydrogen) atoms. The number of rotatable bonds is 5. The molecule has 0 aromatic heterocycles. The van der Waals surface area contributed by atoms with E-state index in [-0.39, 0.29) is 17.3 Å². The molecular weight excluding hydrogens is 226 g/mol. The second kappa shape index (κ2) is 7.13. The maximum atomic E-state index is 12.0. The maximum absolute atomic E-state index is 12.0. The molecular formula is C12H22ClNO2. The number of likely N-dealkylation sites (tertiary alicyclic amines) is 1. The first-order valence-corrected chi connectivity index (χ1v) is 6.66. The molecule has 1 aliphatic heterocycles. The lowest BCUT2D eigenvalue weighted by atomic mass is 10.0. The summed E-state index contributed by atoms with van der Waals surface area (Å²) in [5.41, 5.74) is 0. The molecule has 0 aliphatic carbocycles. The van der Waals surface area contributed by atoms with Crippen molar-refractivity contribution in [2.24, 2.45) is 0 Å². The molecule has 1 saturated heterocycles. The number of hydrogen-bond donors (Lipinski definition) is 0. The van der Waals surface area contributed by atoms with Crippen molar-refractivity contribution in [1.82, 2.24) is 4.90 Å². The summed E-state index contributed by atoms with van der Waals surface area (Å²) in [6.45, 7) is 6.11. The van der Waals surface area contributed by atoms with Crippen molar-refractivity contribution >= 4 is 17.5 Å². The smallest absolute Gasteiger partial charge is 0.240 e. The lowest BCUT2D eigenvalue weighted by molar-refractivity contribution is -0.136. The van der Waals surface area contributed by atoms with Crippen LogP contribution in [0.3, 0.4) is 0 Å². The van der Waals surface area contributed by atoms with Gasteiger partial charge in [-0.05, 0) is 32.6 Å². The summed E-state index contributed by atoms with van der Waals surface area (Å²) < 4.78 is 5.43. The van der Waals surface area contributed by atoms with Gasteiger partial charge in [0.05, 0.1) is 12.6 Å². The summed E-state index contributed by atoms with van der Waals surface area (Å²) in [6.07, 6.45) is 4.00. The van der Waals surface area contributed by atoms with Gasteiger partial charge < -0.3 is 9.64 Å². The van der Waals surface area contributed by atoms with Crippen molar-refractivity contribution < 1.29 is 9.53 Å². The summed E-state index contributed by atoms with van der Waals surface area (Å²) in [4.78, 5) is 14.0. The van der Waals surface area contributed by atoms with Crippen molar-refractivity contribution in [2.75, 3.05) is 19.8 Å². The average Bonchev–Trinajstić information content (AvgIpc) is 2.34. The highest BCUT2D eigenvalue weighted by Crippen LogP contribution is 2.20. The van der Waals surface area contributed by atoms with Gasteiger partial charge in [-0.15, -0.1) is 11.6 Å². The predicted molar refractivity (Wildman–Crippen MR) is 65.8 cm³/mol. The van der Waals surface area contributed by atoms with Crippen LogP contribution in [0.1, 0.15) is 39.5 Å². The Morgan fingerprint density at radius 2 is 2.25 bits per heavy atom. The Morgan fingerprint density at radius 1 is 1.50 bits per heavy atom. The van der Waals surface area contributed by atoms with E-state index >= 15 is 0 Å². The van der Waals surface area contributed by atoms with E-state index in [9.17, 15) is 4.79 Å². The van der Waals surface area contributed by atoms with Crippen molar-refractivity contribution in [1.29, 1.82) is 0 Å². The fourth-order valence-corrected chi connectivity index (χ4v) is 2.20. The third kappa shape index (κ3) is 3.63. The van der Waals surface area contributed by atoms with Gasteiger partial charge in [0.15, 0.2) is 0 Å². The minimum absolute atomic E-state index is 0.0774. The molecule has 3 nitrogen and oxygen atoms in total. The summed E-state index contributed by atoms with van der Waals surface area (Å²) >= 11 is 6.02. The molecule has 0 aromatic rings. The highest BCUT2D eigenvalue weighted by molar-refractivity contribution is 6.30. The first-order valence-electron chi connectivity index (χ1n) is 6.23. The lowest BCUT2D eigenvalue weighted by Crippen LogP contribution is -2.48. The van der Waals surface area contributed by atoms with E-state index in [0.29, 0.717) is 19.6 Å². The van der Waals surface area contributed by atoms with E-state index in [0.717, 1.165) is 19.4 Å². The number of hydrogen-bond acceptors (Lipinski definition) is 2. The summed E-state index contributed by atoms with van der Waals surface area (Å²) in [5.74, 6) is 0.0774. The van der Waals surface area contributed by atoms with Crippen LogP contribution in [0.5, 0.6) is 0 Å². The molecule has 94 valence electrons. The van der Waals surface area contributed by atoms with Crippen LogP contribution in [0.2, 0.25) is 0 Å². The number of carbonyl (C=O) groups excluding carboxylic acids is 1. The highest BCUT2D eigenvalue weighted by Gasteiger charge is 2.29. The molecule has 1 rings (SSSR count). The molecule has 1 aliphatic rings. The van der Waals surface area contributed by atoms with Crippen molar-refractivity contribution in [3.8, 4) is 0 Å². The van der Waals surface area contributed by atoms with Gasteiger partial charge in [-0.1, -0.05) is 6.92 Å². The van der Waals surface area contributed by atoms with E-state index in [4.69, 9.17) is 16.3 Å². The summed E-state index contributed by atoms with van der Waals surface area (Å²) in [6, 6.07) is 0.231. The average molecular weight is 248 g/mol. The number of ether oxygens (including phenoxy) is 1. The Labute approximate surface area is 103 Å². The Hall–Kier alpha value is -0.280. The third-order valence-electron chi connectivity index (χ3n) is 3.05. The Bertz CT molecular complexity index is 223. The van der Waals surface area contributed by atoms with Crippen LogP contribution >= 0.6 is 11.6 Å². The lowest BCUT2D eigenvalue weighted by Gasteiger charge is -2.36. The largest absolute Gasteiger partial charge is 0.380 e. The van der Waals surface area contributed by atoms with Gasteiger partial charge >= 0.3 is 0 Å². The standard InChI is InChI=1S/C12H22ClNO2/c1-3-11(13)12(15)14-8-6-5-7-10(14)9-16-4-2/h10-11H,3-9H2,1-2H3/t10-,11-/m0/s1. The van der Waals surface area contributed by atoms with E-state index in [1.165, 1.54) is 6.42 Å². The maximum Gasteiger partial charge on any atom is 0.240 e. The first kappa shape index (κ1) is 13.8. The molecule has 0 N–H and O–H groups in total. The molecule has 0 aromatic carbocycles. The van der Waals surface area contributed by atoms with Crippen LogP contribution in [0.15, 0.2) is 0 Å². The van der Waals surface area contributed by atoms with Crippen LogP contribution in [-0.2, 0) is 9.53 Å². The Kier molecular flexibility index (Phi) is 6.14. The van der Waals surface area contributed by atoms with Gasteiger partial charge in [0.25, 0.3) is 0 Å². The van der Waals surface area contributed by atoms with Gasteiger partial charge in [0, 0.05) is 13.2 Å². The zero-order valence-electron chi connectivity index (χ0n) is 10.2. The molecule has 0 unspecified atom stereocenters. The highest BCUT2D eigenvalue weighted by atomic mass is 35.5. The molecule has 0 spiro atoms. The zero-order chi connectivity index (χ0) is 12.0. The second-order valence-corrected chi connectivity index (χ2v) is 4.74. The molecule has 0 radical (unpaired) electrons. The number of alkyl halides is 1. The summed E-state index contributed by atoms with van der Waals surface area (Å²) in [7, 11) is 0. The molecule has 1 fully saturated rings. The molecule has 0 bridgehead atoms. The monoisotopic (exact) mass is 247 g/mol. The minimum atomic E-state index is -0.373. The van der Waals surface area contributed by atoms with Gasteiger partial charge in [0.2, 0.25) is 5.91 Å². The van der Waals surface area contributed by atoms with E-state index in [2.05, 4.69) is 0 Å². The van der Waals surface area contributed by atoms with Gasteiger partial charge in [-0.25, -0.2) is 0 Å². The van der Waals surface area contributed by atoms with Gasteiger partial charge in [0.1, 0.15) is 5.38 Å². The van der Waals surface area contributed by atoms with E-state index in [1.807, 2.05) is 18.7 Å². The normalized spacial score (nSPS) is 23.2. The summed E-state index contributed by atoms with van der Waals surface area (Å²) in [5, 5.41) is -0.373. The van der Waals surface area contributed by atoms with Crippen molar-refractivity contribution in [2.45, 2.75) is 50.9 Å². The van der Waals surface area contributed by atoms with Crippen LogP contribution < -0.4 is 0 Å². The topological polar surface area (TPSA) is 29.5 Å². The predicted octanol–water partition coefficient (Wildman–Crippen LogP) is 2.42. The second-order valence-electron chi connectivity index (χ2n) is 4.22. The molecule has 1 amide bonds. The third-order valence-corrected chi connectivity index (χ3v) is 3.55. The minimum Gasteiger partial charge on any atom is -0.380 e. The number of piperidine rings is 1. The van der Waals surface area contributed by atoms with Crippen LogP contribution in [-0.4, -0.2) is 42.0 Å². The molecule has 2 atom stereocenters. The Balaban J connectivity index is 2.55. The molecule has 4 heteroatoms. The van der Waals surface area contributed by atoms with Crippen LogP contribution in [0.4, 0.5) is 0 Å². The van der Waals surface area contributed by atoms with Crippen molar-refractivity contribution in [3.05, 3.63) is 0 Å². The number of halogens is 1. The Morgan fingerprint density at radius 3 is 2.88 bits per heavy atom. The van der Waals surface area contributed by atoms with Crippen molar-refractivity contribution in [3.63, 3.8) is 0 Å². The van der Waals surface area contributed by atoms with Crippen LogP contribution in [0.25, 0.3) is 0 Å². The van der Waals surface area contributed by atoms with E-state index < -0.39 is 0 Å². The fraction of sp³-hybridized carbons (Fsp3) is 0.917. The van der Waals surface area contributed by atoms with Gasteiger partial charge in [-0.2, -0.15) is 0 Å². The first-order chi connectivity index (χ1) is 7.70. The SMILES string of the molecule is CCOC[C@@H]1CCCCN1C(=O)[C@@H](Cl)CC. The zero-order valence-corrected chi connectivity index (χ0v) is 11.0. The number of nitrogens with zero attached hydrogens (tertiary/aromatic N) is 1. The quantitative estimate of drug-likeness (QED) is 0.699. The van der Waals surface area contributed by atoms with Crippen LogP contribution in [0, 0.1) is 0 Å². The molecule has 1 heterocycles. The number of amides is 1. The van der Waals surface area contributed by atoms with Gasteiger partial charge in [-0.3, -0.25) is 4.79 Å². The molecule has 0 saturated carbocycles. The number of carbonyl (C=O) groups is 1. The van der Waals surface area contributed by atoms with E-state index in [1.54, 1.807) is 0 Å².